The Morgan fingerprint density at radius 2 is 2.21 bits per heavy atom. The number of halogens is 4. The second-order valence-corrected chi connectivity index (χ2v) is 4.24. The first-order chi connectivity index (χ1) is 6.43. The predicted octanol–water partition coefficient (Wildman–Crippen LogP) is 3.29. The van der Waals surface area contributed by atoms with Crippen LogP contribution in [-0.4, -0.2) is 9.91 Å². The van der Waals surface area contributed by atoms with Crippen LogP contribution in [-0.2, 0) is 0 Å². The topological polar surface area (TPSA) is 56.0 Å². The van der Waals surface area contributed by atoms with Crippen molar-refractivity contribution in [3.8, 4) is 0 Å². The molecule has 1 heterocycles. The number of alkyl halides is 2. The summed E-state index contributed by atoms with van der Waals surface area (Å²) in [6.07, 6.45) is -2.83. The van der Waals surface area contributed by atoms with Gasteiger partial charge in [-0.15, -0.1) is 0 Å². The summed E-state index contributed by atoms with van der Waals surface area (Å²) in [5, 5.41) is 10.4. The van der Waals surface area contributed by atoms with Gasteiger partial charge in [0.05, 0.1) is 4.47 Å². The van der Waals surface area contributed by atoms with E-state index in [1.165, 1.54) is 6.07 Å². The monoisotopic (exact) mass is 378 g/mol. The molecule has 0 spiro atoms. The van der Waals surface area contributed by atoms with E-state index in [1.54, 1.807) is 22.6 Å². The Morgan fingerprint density at radius 1 is 1.64 bits per heavy atom. The zero-order chi connectivity index (χ0) is 10.9. The van der Waals surface area contributed by atoms with Gasteiger partial charge in [0.25, 0.3) is 0 Å². The molecular weight excluding hydrogens is 377 g/mol. The molecule has 0 aliphatic rings. The number of hydrogen-bond donors (Lipinski definition) is 0. The maximum Gasteiger partial charge on any atom is 0.377 e. The van der Waals surface area contributed by atoms with Crippen LogP contribution in [0.15, 0.2) is 10.5 Å². The summed E-state index contributed by atoms with van der Waals surface area (Å²) >= 11 is 4.52. The largest absolute Gasteiger partial charge is 0.377 e. The molecule has 0 unspecified atom stereocenters. The third-order valence-electron chi connectivity index (χ3n) is 1.32. The zero-order valence-corrected chi connectivity index (χ0v) is 10.1. The van der Waals surface area contributed by atoms with Gasteiger partial charge in [-0.2, -0.15) is 0 Å². The average Bonchev–Trinajstić information content (AvgIpc) is 2.02. The summed E-state index contributed by atoms with van der Waals surface area (Å²) < 4.78 is 24.9. The van der Waals surface area contributed by atoms with Crippen LogP contribution in [0.2, 0.25) is 0 Å². The van der Waals surface area contributed by atoms with Gasteiger partial charge in [-0.1, -0.05) is 0 Å². The quantitative estimate of drug-likeness (QED) is 0.450. The van der Waals surface area contributed by atoms with Crippen molar-refractivity contribution in [1.82, 2.24) is 4.98 Å². The van der Waals surface area contributed by atoms with Crippen molar-refractivity contribution in [2.75, 3.05) is 0 Å². The lowest BCUT2D eigenvalue weighted by atomic mass is 10.3. The van der Waals surface area contributed by atoms with Crippen molar-refractivity contribution in [2.45, 2.75) is 6.43 Å². The summed E-state index contributed by atoms with van der Waals surface area (Å²) in [6.45, 7) is 0. The first-order valence-corrected chi connectivity index (χ1v) is 5.09. The highest BCUT2D eigenvalue weighted by molar-refractivity contribution is 14.1. The third kappa shape index (κ3) is 2.35. The Morgan fingerprint density at radius 3 is 2.64 bits per heavy atom. The molecular formula is C6H2BrF2IN2O2. The Bertz CT molecular complexity index is 388. The van der Waals surface area contributed by atoms with E-state index in [0.29, 0.717) is 0 Å². The third-order valence-corrected chi connectivity index (χ3v) is 2.75. The lowest BCUT2D eigenvalue weighted by molar-refractivity contribution is -0.390. The molecule has 1 aromatic rings. The number of rotatable bonds is 2. The van der Waals surface area contributed by atoms with Crippen LogP contribution in [0.3, 0.4) is 0 Å². The molecule has 0 radical (unpaired) electrons. The number of nitro groups is 1. The van der Waals surface area contributed by atoms with E-state index >= 15 is 0 Å². The minimum absolute atomic E-state index is 0.0718. The van der Waals surface area contributed by atoms with E-state index < -0.39 is 22.9 Å². The van der Waals surface area contributed by atoms with E-state index in [-0.39, 0.29) is 8.04 Å². The number of hydrogen-bond acceptors (Lipinski definition) is 3. The Kier molecular flexibility index (Phi) is 3.70. The van der Waals surface area contributed by atoms with E-state index in [1.807, 2.05) is 0 Å². The van der Waals surface area contributed by atoms with Crippen LogP contribution < -0.4 is 0 Å². The fourth-order valence-electron chi connectivity index (χ4n) is 0.752. The molecule has 14 heavy (non-hydrogen) atoms. The second-order valence-electron chi connectivity index (χ2n) is 2.22. The SMILES string of the molecule is O=[N+]([O-])c1nc(C(F)F)c(Br)cc1I. The van der Waals surface area contributed by atoms with Crippen molar-refractivity contribution < 1.29 is 13.7 Å². The van der Waals surface area contributed by atoms with Gasteiger partial charge in [-0.05, 0) is 54.5 Å². The zero-order valence-electron chi connectivity index (χ0n) is 6.38. The predicted molar refractivity (Wildman–Crippen MR) is 56.3 cm³/mol. The molecule has 4 nitrogen and oxygen atoms in total. The van der Waals surface area contributed by atoms with Gasteiger partial charge in [0.2, 0.25) is 5.69 Å². The molecule has 1 aromatic heterocycles. The van der Waals surface area contributed by atoms with Crippen molar-refractivity contribution in [2.24, 2.45) is 0 Å². The molecule has 0 aliphatic heterocycles. The van der Waals surface area contributed by atoms with Crippen LogP contribution in [0, 0.1) is 13.7 Å². The maximum absolute atomic E-state index is 12.3. The Hall–Kier alpha value is -0.380. The number of aromatic nitrogens is 1. The summed E-state index contributed by atoms with van der Waals surface area (Å²) in [7, 11) is 0. The van der Waals surface area contributed by atoms with Crippen molar-refractivity contribution in [3.63, 3.8) is 0 Å². The lowest BCUT2D eigenvalue weighted by Gasteiger charge is -2.00. The molecule has 0 aromatic carbocycles. The lowest BCUT2D eigenvalue weighted by Crippen LogP contribution is -2.00. The van der Waals surface area contributed by atoms with Crippen molar-refractivity contribution >= 4 is 44.3 Å². The second kappa shape index (κ2) is 4.43. The molecule has 0 amide bonds. The van der Waals surface area contributed by atoms with Gasteiger partial charge in [0.1, 0.15) is 3.57 Å². The summed E-state index contributed by atoms with van der Waals surface area (Å²) in [5.41, 5.74) is -0.614. The molecule has 0 bridgehead atoms. The van der Waals surface area contributed by atoms with Crippen LogP contribution >= 0.6 is 38.5 Å². The number of nitrogens with zero attached hydrogens (tertiary/aromatic N) is 2. The normalized spacial score (nSPS) is 10.6. The standard InChI is InChI=1S/C6H2BrF2IN2O2/c7-2-1-3(10)6(12(13)14)11-4(2)5(8)9/h1,5H. The molecule has 0 atom stereocenters. The maximum atomic E-state index is 12.3. The molecule has 0 fully saturated rings. The summed E-state index contributed by atoms with van der Waals surface area (Å²) in [5.74, 6) is -0.552. The highest BCUT2D eigenvalue weighted by Gasteiger charge is 2.25. The first-order valence-electron chi connectivity index (χ1n) is 3.22. The van der Waals surface area contributed by atoms with Gasteiger partial charge in [0, 0.05) is 0 Å². The Labute approximate surface area is 99.1 Å². The number of pyridine rings is 1. The van der Waals surface area contributed by atoms with E-state index in [0.717, 1.165) is 0 Å². The van der Waals surface area contributed by atoms with E-state index in [4.69, 9.17) is 0 Å². The minimum Gasteiger partial charge on any atom is -0.358 e. The van der Waals surface area contributed by atoms with Crippen LogP contribution in [0.1, 0.15) is 12.1 Å². The van der Waals surface area contributed by atoms with Crippen LogP contribution in [0.5, 0.6) is 0 Å². The summed E-state index contributed by atoms with van der Waals surface area (Å²) in [4.78, 5) is 12.9. The van der Waals surface area contributed by atoms with Crippen molar-refractivity contribution in [1.29, 1.82) is 0 Å². The van der Waals surface area contributed by atoms with E-state index in [2.05, 4.69) is 20.9 Å². The molecule has 76 valence electrons. The molecule has 0 N–H and O–H groups in total. The molecule has 8 heteroatoms. The average molecular weight is 379 g/mol. The minimum atomic E-state index is -2.83. The van der Waals surface area contributed by atoms with Gasteiger partial charge in [-0.3, -0.25) is 0 Å². The molecule has 0 saturated carbocycles. The smallest absolute Gasteiger partial charge is 0.358 e. The van der Waals surface area contributed by atoms with Crippen molar-refractivity contribution in [3.05, 3.63) is 29.9 Å². The fourth-order valence-corrected chi connectivity index (χ4v) is 2.30. The molecule has 0 aliphatic carbocycles. The van der Waals surface area contributed by atoms with Gasteiger partial charge in [-0.25, -0.2) is 8.78 Å². The fraction of sp³-hybridized carbons (Fsp3) is 0.167. The van der Waals surface area contributed by atoms with Gasteiger partial charge < -0.3 is 10.1 Å². The first kappa shape index (κ1) is 11.7. The molecule has 1 rings (SSSR count). The molecule has 0 saturated heterocycles. The van der Waals surface area contributed by atoms with Gasteiger partial charge in [0.15, 0.2) is 0 Å². The van der Waals surface area contributed by atoms with Gasteiger partial charge >= 0.3 is 12.2 Å². The van der Waals surface area contributed by atoms with E-state index in [9.17, 15) is 18.9 Å². The highest BCUT2D eigenvalue weighted by atomic mass is 127. The summed E-state index contributed by atoms with van der Waals surface area (Å²) in [6, 6.07) is 1.24. The van der Waals surface area contributed by atoms with Crippen LogP contribution in [0.4, 0.5) is 14.6 Å². The Balaban J connectivity index is 3.34. The highest BCUT2D eigenvalue weighted by Crippen LogP contribution is 2.30. The van der Waals surface area contributed by atoms with Crippen LogP contribution in [0.25, 0.3) is 0 Å².